The number of carbonyl (C=O) groups excluding carboxylic acids is 2. The van der Waals surface area contributed by atoms with Gasteiger partial charge in [0.15, 0.2) is 0 Å². The zero-order valence-corrected chi connectivity index (χ0v) is 18.6. The van der Waals surface area contributed by atoms with E-state index >= 15 is 0 Å². The summed E-state index contributed by atoms with van der Waals surface area (Å²) in [6.45, 7) is 2.56. The number of aromatic nitrogens is 1. The molecule has 1 aromatic heterocycles. The van der Waals surface area contributed by atoms with Crippen molar-refractivity contribution in [2.24, 2.45) is 5.41 Å². The molecule has 32 heavy (non-hydrogen) atoms. The summed E-state index contributed by atoms with van der Waals surface area (Å²) in [5.74, 6) is -0.796. The Hall–Kier alpha value is -2.73. The lowest BCUT2D eigenvalue weighted by Gasteiger charge is -2.51. The second-order valence-corrected chi connectivity index (χ2v) is 8.97. The average Bonchev–Trinajstić information content (AvgIpc) is 2.79. The Labute approximate surface area is 189 Å². The van der Waals surface area contributed by atoms with Crippen LogP contribution in [0.3, 0.4) is 0 Å². The van der Waals surface area contributed by atoms with Crippen molar-refractivity contribution < 1.29 is 23.8 Å². The fourth-order valence-corrected chi connectivity index (χ4v) is 4.77. The Bertz CT molecular complexity index is 896. The number of Topliss-reactive ketones (excluding diaryl/α,β-unsaturated/α-hetero) is 1. The van der Waals surface area contributed by atoms with Crippen molar-refractivity contribution in [1.29, 1.82) is 0 Å². The molecular weight excluding hydrogens is 406 g/mol. The lowest BCUT2D eigenvalue weighted by Crippen LogP contribution is -2.46. The van der Waals surface area contributed by atoms with Gasteiger partial charge in [-0.2, -0.15) is 0 Å². The third kappa shape index (κ3) is 5.74. The van der Waals surface area contributed by atoms with Gasteiger partial charge in [0.05, 0.1) is 19.3 Å². The van der Waals surface area contributed by atoms with E-state index in [0.29, 0.717) is 29.6 Å². The molecule has 0 saturated heterocycles. The van der Waals surface area contributed by atoms with Gasteiger partial charge in [-0.3, -0.25) is 4.79 Å². The number of ketones is 1. The Balaban J connectivity index is 1.17. The zero-order valence-electron chi connectivity index (χ0n) is 18.6. The van der Waals surface area contributed by atoms with Crippen LogP contribution in [0.25, 0.3) is 0 Å². The smallest absolute Gasteiger partial charge is 0.374 e. The maximum atomic E-state index is 11.8. The first-order chi connectivity index (χ1) is 15.5. The second-order valence-electron chi connectivity index (χ2n) is 8.97. The molecule has 2 aromatic rings. The van der Waals surface area contributed by atoms with Crippen molar-refractivity contribution in [3.8, 4) is 5.88 Å². The highest BCUT2D eigenvalue weighted by atomic mass is 16.5. The molecule has 0 aliphatic heterocycles. The van der Waals surface area contributed by atoms with Crippen LogP contribution in [0, 0.1) is 5.41 Å². The molecule has 1 spiro atoms. The highest BCUT2D eigenvalue weighted by Crippen LogP contribution is 2.53. The summed E-state index contributed by atoms with van der Waals surface area (Å²) in [4.78, 5) is 27.6. The number of benzene rings is 1. The Morgan fingerprint density at radius 2 is 1.75 bits per heavy atom. The Morgan fingerprint density at radius 1 is 1.00 bits per heavy atom. The first-order valence-electron chi connectivity index (χ1n) is 11.5. The number of rotatable bonds is 9. The highest BCUT2D eigenvalue weighted by Gasteiger charge is 2.47. The molecule has 2 saturated carbocycles. The largest absolute Gasteiger partial charge is 0.474 e. The van der Waals surface area contributed by atoms with Gasteiger partial charge in [0.25, 0.3) is 0 Å². The predicted molar refractivity (Wildman–Crippen MR) is 119 cm³/mol. The van der Waals surface area contributed by atoms with E-state index in [2.05, 4.69) is 17.1 Å². The molecule has 4 rings (SSSR count). The topological polar surface area (TPSA) is 74.7 Å². The van der Waals surface area contributed by atoms with Crippen LogP contribution in [-0.2, 0) is 32.1 Å². The maximum absolute atomic E-state index is 11.8. The molecular formula is C26H31NO5. The molecule has 0 unspecified atom stereocenters. The van der Waals surface area contributed by atoms with Gasteiger partial charge in [0.1, 0.15) is 6.10 Å². The summed E-state index contributed by atoms with van der Waals surface area (Å²) in [5, 5.41) is 0. The zero-order chi connectivity index (χ0) is 22.4. The van der Waals surface area contributed by atoms with Crippen molar-refractivity contribution in [3.05, 3.63) is 59.8 Å². The van der Waals surface area contributed by atoms with Crippen LogP contribution in [0.4, 0.5) is 0 Å². The molecule has 6 heteroatoms. The van der Waals surface area contributed by atoms with Gasteiger partial charge >= 0.3 is 5.97 Å². The minimum atomic E-state index is -0.798. The molecule has 0 amide bonds. The highest BCUT2D eigenvalue weighted by molar-refractivity contribution is 6.34. The second kappa shape index (κ2) is 10.3. The predicted octanol–water partition coefficient (Wildman–Crippen LogP) is 4.44. The number of esters is 1. The number of ether oxygens (including phenoxy) is 3. The number of hydrogen-bond acceptors (Lipinski definition) is 6. The van der Waals surface area contributed by atoms with Crippen LogP contribution >= 0.6 is 0 Å². The first-order valence-corrected chi connectivity index (χ1v) is 11.5. The minimum Gasteiger partial charge on any atom is -0.474 e. The van der Waals surface area contributed by atoms with E-state index < -0.39 is 11.8 Å². The van der Waals surface area contributed by atoms with Crippen LogP contribution < -0.4 is 4.74 Å². The maximum Gasteiger partial charge on any atom is 0.374 e. The molecule has 6 nitrogen and oxygen atoms in total. The first kappa shape index (κ1) is 22.5. The van der Waals surface area contributed by atoms with Gasteiger partial charge in [0.2, 0.25) is 11.7 Å². The third-order valence-electron chi connectivity index (χ3n) is 6.60. The fraction of sp³-hybridized carbons (Fsp3) is 0.500. The SMILES string of the molecule is CCOC(=O)C(=O)Cc1ccc(OC2CCC3(CC2)CC(OCc2ccccc2)C3)nc1. The van der Waals surface area contributed by atoms with E-state index in [9.17, 15) is 9.59 Å². The number of nitrogens with zero attached hydrogens (tertiary/aromatic N) is 1. The molecule has 2 aliphatic rings. The Kier molecular flexibility index (Phi) is 7.20. The molecule has 0 N–H and O–H groups in total. The summed E-state index contributed by atoms with van der Waals surface area (Å²) >= 11 is 0. The number of carbonyl (C=O) groups is 2. The van der Waals surface area contributed by atoms with Crippen LogP contribution in [0.5, 0.6) is 5.88 Å². The average molecular weight is 438 g/mol. The molecule has 2 fully saturated rings. The van der Waals surface area contributed by atoms with E-state index in [4.69, 9.17) is 14.2 Å². The lowest BCUT2D eigenvalue weighted by molar-refractivity contribution is -0.153. The summed E-state index contributed by atoms with van der Waals surface area (Å²) in [7, 11) is 0. The van der Waals surface area contributed by atoms with Crippen LogP contribution in [0.2, 0.25) is 0 Å². The van der Waals surface area contributed by atoms with Crippen molar-refractivity contribution in [3.63, 3.8) is 0 Å². The van der Waals surface area contributed by atoms with Gasteiger partial charge < -0.3 is 14.2 Å². The summed E-state index contributed by atoms with van der Waals surface area (Å²) in [6, 6.07) is 13.9. The molecule has 1 heterocycles. The van der Waals surface area contributed by atoms with Crippen molar-refractivity contribution >= 4 is 11.8 Å². The Morgan fingerprint density at radius 3 is 2.41 bits per heavy atom. The van der Waals surface area contributed by atoms with Gasteiger partial charge in [-0.1, -0.05) is 36.4 Å². The van der Waals surface area contributed by atoms with E-state index in [1.807, 2.05) is 18.2 Å². The number of pyridine rings is 1. The molecule has 1 aromatic carbocycles. The quantitative estimate of drug-likeness (QED) is 0.426. The summed E-state index contributed by atoms with van der Waals surface area (Å²) in [5.41, 5.74) is 2.33. The van der Waals surface area contributed by atoms with Gasteiger partial charge in [-0.05, 0) is 62.0 Å². The van der Waals surface area contributed by atoms with Crippen molar-refractivity contribution in [2.75, 3.05) is 6.61 Å². The minimum absolute atomic E-state index is 0.00836. The molecule has 0 bridgehead atoms. The van der Waals surface area contributed by atoms with E-state index in [0.717, 1.165) is 38.5 Å². The molecule has 170 valence electrons. The molecule has 2 aliphatic carbocycles. The van der Waals surface area contributed by atoms with E-state index in [1.54, 1.807) is 25.3 Å². The van der Waals surface area contributed by atoms with Gasteiger partial charge in [-0.15, -0.1) is 0 Å². The summed E-state index contributed by atoms with van der Waals surface area (Å²) < 4.78 is 16.9. The van der Waals surface area contributed by atoms with Crippen LogP contribution in [0.15, 0.2) is 48.7 Å². The normalized spacial score (nSPS) is 24.5. The number of hydrogen-bond donors (Lipinski definition) is 0. The van der Waals surface area contributed by atoms with Crippen molar-refractivity contribution in [1.82, 2.24) is 4.98 Å². The van der Waals surface area contributed by atoms with E-state index in [-0.39, 0.29) is 19.1 Å². The monoisotopic (exact) mass is 437 g/mol. The van der Waals surface area contributed by atoms with Crippen LogP contribution in [-0.4, -0.2) is 35.6 Å². The lowest BCUT2D eigenvalue weighted by atomic mass is 9.59. The fourth-order valence-electron chi connectivity index (χ4n) is 4.77. The standard InChI is InChI=1S/C26H31NO5/c1-2-30-25(29)23(28)14-20-8-9-24(27-17-20)32-21-10-12-26(13-11-21)15-22(16-26)31-18-19-6-4-3-5-7-19/h3-9,17,21-22H,2,10-16,18H2,1H3. The third-order valence-corrected chi connectivity index (χ3v) is 6.60. The van der Waals surface area contributed by atoms with E-state index in [1.165, 1.54) is 5.56 Å². The van der Waals surface area contributed by atoms with Gasteiger partial charge in [-0.25, -0.2) is 9.78 Å². The summed E-state index contributed by atoms with van der Waals surface area (Å²) in [6.07, 6.45) is 8.80. The van der Waals surface area contributed by atoms with Crippen LogP contribution in [0.1, 0.15) is 56.6 Å². The van der Waals surface area contributed by atoms with Crippen molar-refractivity contribution in [2.45, 2.75) is 70.7 Å². The molecule has 0 atom stereocenters. The molecule has 0 radical (unpaired) electrons. The van der Waals surface area contributed by atoms with Gasteiger partial charge in [0, 0.05) is 18.7 Å².